The molecule has 3 aromatic rings. The summed E-state index contributed by atoms with van der Waals surface area (Å²) in [6.07, 6.45) is 2.41. The number of sulfonamides is 1. The van der Waals surface area contributed by atoms with E-state index in [1.165, 1.54) is 0 Å². The molecule has 5 heteroatoms. The fourth-order valence-corrected chi connectivity index (χ4v) is 4.46. The molecule has 3 rings (SSSR count). The summed E-state index contributed by atoms with van der Waals surface area (Å²) in [5.41, 5.74) is 1.61. The van der Waals surface area contributed by atoms with Crippen molar-refractivity contribution < 1.29 is 13.5 Å². The summed E-state index contributed by atoms with van der Waals surface area (Å²) >= 11 is 0. The van der Waals surface area contributed by atoms with Crippen molar-refractivity contribution in [1.82, 2.24) is 4.72 Å². The second kappa shape index (κ2) is 8.11. The van der Waals surface area contributed by atoms with Crippen LogP contribution in [0.1, 0.15) is 43.4 Å². The van der Waals surface area contributed by atoms with E-state index in [0.717, 1.165) is 29.2 Å². The normalized spacial score (nSPS) is 13.0. The average Bonchev–Trinajstić information content (AvgIpc) is 2.66. The maximum atomic E-state index is 12.9. The smallest absolute Gasteiger partial charge is 0.241 e. The third-order valence-corrected chi connectivity index (χ3v) is 6.27. The lowest BCUT2D eigenvalue weighted by atomic mass is 9.97. The second-order valence-corrected chi connectivity index (χ2v) is 8.57. The zero-order valence-corrected chi connectivity index (χ0v) is 16.5. The van der Waals surface area contributed by atoms with Gasteiger partial charge in [0.15, 0.2) is 0 Å². The van der Waals surface area contributed by atoms with Gasteiger partial charge in [0.2, 0.25) is 10.0 Å². The molecular formula is C22H25NO3S. The van der Waals surface area contributed by atoms with Gasteiger partial charge in [0.05, 0.1) is 10.9 Å². The third kappa shape index (κ3) is 4.31. The van der Waals surface area contributed by atoms with Crippen LogP contribution in [-0.2, 0) is 10.0 Å². The van der Waals surface area contributed by atoms with Crippen LogP contribution in [0.5, 0.6) is 5.75 Å². The van der Waals surface area contributed by atoms with Crippen molar-refractivity contribution in [1.29, 1.82) is 0 Å². The first-order valence-electron chi connectivity index (χ1n) is 9.22. The average molecular weight is 384 g/mol. The number of hydrogen-bond acceptors (Lipinski definition) is 3. The van der Waals surface area contributed by atoms with Gasteiger partial charge < -0.3 is 5.11 Å². The Kier molecular flexibility index (Phi) is 5.82. The van der Waals surface area contributed by atoms with E-state index in [2.05, 4.69) is 11.6 Å². The summed E-state index contributed by atoms with van der Waals surface area (Å²) in [6.45, 7) is 3.98. The van der Waals surface area contributed by atoms with Gasteiger partial charge in [0.25, 0.3) is 0 Å². The Labute approximate surface area is 160 Å². The van der Waals surface area contributed by atoms with Crippen LogP contribution in [0.2, 0.25) is 0 Å². The summed E-state index contributed by atoms with van der Waals surface area (Å²) in [6, 6.07) is 17.6. The number of nitrogens with one attached hydrogen (secondary N) is 1. The van der Waals surface area contributed by atoms with E-state index in [9.17, 15) is 13.5 Å². The number of aryl methyl sites for hydroxylation is 1. The highest BCUT2D eigenvalue weighted by atomic mass is 32.2. The predicted molar refractivity (Wildman–Crippen MR) is 109 cm³/mol. The molecule has 1 atom stereocenters. The van der Waals surface area contributed by atoms with Gasteiger partial charge in [-0.3, -0.25) is 0 Å². The van der Waals surface area contributed by atoms with Crippen molar-refractivity contribution in [2.45, 2.75) is 44.0 Å². The van der Waals surface area contributed by atoms with Gasteiger partial charge in [0.1, 0.15) is 5.75 Å². The highest BCUT2D eigenvalue weighted by Gasteiger charge is 2.24. The minimum absolute atomic E-state index is 0.140. The molecule has 0 bridgehead atoms. The van der Waals surface area contributed by atoms with Crippen molar-refractivity contribution in [3.63, 3.8) is 0 Å². The zero-order valence-electron chi connectivity index (χ0n) is 15.6. The van der Waals surface area contributed by atoms with Gasteiger partial charge in [0, 0.05) is 10.9 Å². The van der Waals surface area contributed by atoms with E-state index in [1.54, 1.807) is 24.3 Å². The summed E-state index contributed by atoms with van der Waals surface area (Å²) in [5, 5.41) is 12.4. The molecule has 2 N–H and O–H groups in total. The Balaban J connectivity index is 1.99. The maximum Gasteiger partial charge on any atom is 0.241 e. The molecule has 0 spiro atoms. The molecule has 0 saturated heterocycles. The van der Waals surface area contributed by atoms with Gasteiger partial charge >= 0.3 is 0 Å². The summed E-state index contributed by atoms with van der Waals surface area (Å²) in [4.78, 5) is 0.231. The van der Waals surface area contributed by atoms with Crippen LogP contribution in [0.15, 0.2) is 65.6 Å². The van der Waals surface area contributed by atoms with Gasteiger partial charge in [-0.05, 0) is 30.9 Å². The van der Waals surface area contributed by atoms with E-state index in [1.807, 2.05) is 43.3 Å². The number of hydrogen-bond donors (Lipinski definition) is 2. The molecule has 0 aliphatic heterocycles. The van der Waals surface area contributed by atoms with Crippen LogP contribution in [-0.4, -0.2) is 13.5 Å². The Hall–Kier alpha value is -2.37. The van der Waals surface area contributed by atoms with Crippen molar-refractivity contribution >= 4 is 20.8 Å². The molecule has 0 aliphatic carbocycles. The number of aromatic hydroxyl groups is 1. The Morgan fingerprint density at radius 3 is 2.41 bits per heavy atom. The molecule has 3 aromatic carbocycles. The summed E-state index contributed by atoms with van der Waals surface area (Å²) < 4.78 is 28.5. The number of phenolic OH excluding ortho intramolecular Hbond substituents is 1. The van der Waals surface area contributed by atoms with Crippen LogP contribution >= 0.6 is 0 Å². The Morgan fingerprint density at radius 2 is 1.70 bits per heavy atom. The lowest BCUT2D eigenvalue weighted by molar-refractivity contribution is 0.454. The van der Waals surface area contributed by atoms with Gasteiger partial charge in [-0.25, -0.2) is 13.1 Å². The molecule has 0 unspecified atom stereocenters. The monoisotopic (exact) mass is 383 g/mol. The van der Waals surface area contributed by atoms with Crippen molar-refractivity contribution in [2.75, 3.05) is 0 Å². The van der Waals surface area contributed by atoms with Crippen molar-refractivity contribution in [3.8, 4) is 5.75 Å². The zero-order chi connectivity index (χ0) is 19.4. The molecule has 27 heavy (non-hydrogen) atoms. The lowest BCUT2D eigenvalue weighted by Crippen LogP contribution is -2.28. The van der Waals surface area contributed by atoms with Gasteiger partial charge in [-0.1, -0.05) is 73.9 Å². The molecule has 4 nitrogen and oxygen atoms in total. The van der Waals surface area contributed by atoms with Crippen LogP contribution in [0.25, 0.3) is 10.8 Å². The molecule has 0 aromatic heterocycles. The van der Waals surface area contributed by atoms with Crippen LogP contribution in [0.4, 0.5) is 0 Å². The molecule has 0 heterocycles. The first-order valence-corrected chi connectivity index (χ1v) is 10.7. The largest absolute Gasteiger partial charge is 0.507 e. The van der Waals surface area contributed by atoms with E-state index in [4.69, 9.17) is 0 Å². The molecular weight excluding hydrogens is 358 g/mol. The molecule has 0 saturated carbocycles. The van der Waals surface area contributed by atoms with Gasteiger partial charge in [-0.15, -0.1) is 0 Å². The minimum atomic E-state index is -3.69. The fourth-order valence-electron chi connectivity index (χ4n) is 3.21. The molecule has 0 aliphatic rings. The van der Waals surface area contributed by atoms with Crippen LogP contribution in [0.3, 0.4) is 0 Å². The van der Waals surface area contributed by atoms with E-state index >= 15 is 0 Å². The molecule has 142 valence electrons. The van der Waals surface area contributed by atoms with Crippen molar-refractivity contribution in [3.05, 3.63) is 71.8 Å². The fraction of sp³-hybridized carbons (Fsp3) is 0.273. The van der Waals surface area contributed by atoms with E-state index < -0.39 is 16.1 Å². The number of benzene rings is 3. The maximum absolute atomic E-state index is 12.9. The first-order chi connectivity index (χ1) is 12.9. The minimum Gasteiger partial charge on any atom is -0.507 e. The molecule has 0 fully saturated rings. The Bertz CT molecular complexity index is 1030. The third-order valence-electron chi connectivity index (χ3n) is 4.78. The SMILES string of the molecule is CCCC[C@@H](NS(=O)(=O)c1ccc(C)cc1)c1ccc2ccccc2c1O. The second-order valence-electron chi connectivity index (χ2n) is 6.85. The number of fused-ring (bicyclic) bond motifs is 1. The van der Waals surface area contributed by atoms with Gasteiger partial charge in [-0.2, -0.15) is 0 Å². The first kappa shape index (κ1) is 19.4. The summed E-state index contributed by atoms with van der Waals surface area (Å²) in [7, 11) is -3.69. The highest BCUT2D eigenvalue weighted by Crippen LogP contribution is 2.35. The number of phenols is 1. The quantitative estimate of drug-likeness (QED) is 0.599. The van der Waals surface area contributed by atoms with Crippen LogP contribution in [0, 0.1) is 6.92 Å². The topological polar surface area (TPSA) is 66.4 Å². The number of rotatable bonds is 7. The van der Waals surface area contributed by atoms with Crippen molar-refractivity contribution in [2.24, 2.45) is 0 Å². The van der Waals surface area contributed by atoms with E-state index in [0.29, 0.717) is 12.0 Å². The molecule has 0 radical (unpaired) electrons. The number of unbranched alkanes of at least 4 members (excludes halogenated alkanes) is 1. The highest BCUT2D eigenvalue weighted by molar-refractivity contribution is 7.89. The lowest BCUT2D eigenvalue weighted by Gasteiger charge is -2.21. The molecule has 0 amide bonds. The summed E-state index contributed by atoms with van der Waals surface area (Å²) in [5.74, 6) is 0.140. The predicted octanol–water partition coefficient (Wildman–Crippen LogP) is 5.06. The standard InChI is InChI=1S/C22H25NO3S/c1-3-4-9-21(23-27(25,26)18-13-10-16(2)11-14-18)20-15-12-17-7-5-6-8-19(17)22(20)24/h5-8,10-15,21,23-24H,3-4,9H2,1-2H3/t21-/m1/s1. The van der Waals surface area contributed by atoms with Crippen LogP contribution < -0.4 is 4.72 Å². The van der Waals surface area contributed by atoms with E-state index in [-0.39, 0.29) is 10.6 Å². The Morgan fingerprint density at radius 1 is 1.00 bits per heavy atom.